The highest BCUT2D eigenvalue weighted by Crippen LogP contribution is 2.25. The molecule has 1 aliphatic heterocycles. The van der Waals surface area contributed by atoms with E-state index in [0.717, 1.165) is 29.4 Å². The van der Waals surface area contributed by atoms with E-state index in [9.17, 15) is 9.59 Å². The van der Waals surface area contributed by atoms with Crippen molar-refractivity contribution in [2.45, 2.75) is 26.8 Å². The number of nitrogens with zero attached hydrogens (tertiary/aromatic N) is 7. The zero-order valence-corrected chi connectivity index (χ0v) is 18.6. The molecular formula is C22H29N7O2. The minimum Gasteiger partial charge on any atom is -0.352 e. The molecule has 3 aromatic rings. The summed E-state index contributed by atoms with van der Waals surface area (Å²) in [4.78, 5) is 39.6. The molecule has 9 nitrogen and oxygen atoms in total. The number of carbonyl (C=O) groups excluding carboxylic acids is 2. The lowest BCUT2D eigenvalue weighted by Gasteiger charge is -2.34. The maximum absolute atomic E-state index is 13.1. The minimum absolute atomic E-state index is 0.0189. The van der Waals surface area contributed by atoms with E-state index in [1.54, 1.807) is 18.0 Å². The third-order valence-electron chi connectivity index (χ3n) is 5.92. The first-order valence-electron chi connectivity index (χ1n) is 10.6. The number of pyridine rings is 1. The average Bonchev–Trinajstić information content (AvgIpc) is 3.35. The standard InChI is InChI=1S/C22H29N7O2/c1-5-18-21(26(4)15-20-23-8-9-25(20)3)29-14-17(6-7-19(29)24-18)22(31)28-12-10-27(11-13-28)16(2)30/h6-9,14H,5,10-13,15H2,1-4H3. The molecule has 0 spiro atoms. The summed E-state index contributed by atoms with van der Waals surface area (Å²) in [6, 6.07) is 3.74. The van der Waals surface area contributed by atoms with E-state index in [1.807, 2.05) is 52.5 Å². The Morgan fingerprint density at radius 3 is 2.45 bits per heavy atom. The molecule has 0 saturated carbocycles. The van der Waals surface area contributed by atoms with Gasteiger partial charge < -0.3 is 19.3 Å². The van der Waals surface area contributed by atoms with Gasteiger partial charge in [0.1, 0.15) is 17.3 Å². The summed E-state index contributed by atoms with van der Waals surface area (Å²) >= 11 is 0. The molecule has 164 valence electrons. The van der Waals surface area contributed by atoms with Gasteiger partial charge >= 0.3 is 0 Å². The molecule has 0 aromatic carbocycles. The van der Waals surface area contributed by atoms with Gasteiger partial charge in [0.25, 0.3) is 5.91 Å². The van der Waals surface area contributed by atoms with E-state index in [0.29, 0.717) is 38.3 Å². The summed E-state index contributed by atoms with van der Waals surface area (Å²) in [7, 11) is 4.00. The summed E-state index contributed by atoms with van der Waals surface area (Å²) in [5.74, 6) is 1.96. The van der Waals surface area contributed by atoms with Gasteiger partial charge in [-0.15, -0.1) is 0 Å². The fourth-order valence-electron chi connectivity index (χ4n) is 4.09. The molecular weight excluding hydrogens is 394 g/mol. The largest absolute Gasteiger partial charge is 0.352 e. The third-order valence-corrected chi connectivity index (χ3v) is 5.92. The molecule has 0 radical (unpaired) electrons. The van der Waals surface area contributed by atoms with Crippen LogP contribution in [0, 0.1) is 0 Å². The molecule has 1 fully saturated rings. The van der Waals surface area contributed by atoms with E-state index >= 15 is 0 Å². The molecule has 9 heteroatoms. The lowest BCUT2D eigenvalue weighted by atomic mass is 10.2. The Hall–Kier alpha value is -3.36. The predicted molar refractivity (Wildman–Crippen MR) is 118 cm³/mol. The van der Waals surface area contributed by atoms with Gasteiger partial charge in [0.05, 0.1) is 17.8 Å². The number of aromatic nitrogens is 4. The van der Waals surface area contributed by atoms with Gasteiger partial charge in [0.2, 0.25) is 5.91 Å². The molecule has 1 saturated heterocycles. The van der Waals surface area contributed by atoms with Crippen molar-refractivity contribution in [2.24, 2.45) is 7.05 Å². The van der Waals surface area contributed by atoms with E-state index in [-0.39, 0.29) is 11.8 Å². The van der Waals surface area contributed by atoms with Crippen LogP contribution in [0.1, 0.15) is 35.7 Å². The Balaban J connectivity index is 1.62. The number of hydrogen-bond donors (Lipinski definition) is 0. The van der Waals surface area contributed by atoms with Gasteiger partial charge in [-0.3, -0.25) is 14.0 Å². The number of hydrogen-bond acceptors (Lipinski definition) is 5. The highest BCUT2D eigenvalue weighted by atomic mass is 16.2. The number of aryl methyl sites for hydroxylation is 2. The van der Waals surface area contributed by atoms with Crippen molar-refractivity contribution in [1.29, 1.82) is 0 Å². The molecule has 0 bridgehead atoms. The van der Waals surface area contributed by atoms with Crippen molar-refractivity contribution in [3.8, 4) is 0 Å². The van der Waals surface area contributed by atoms with Crippen LogP contribution in [0.5, 0.6) is 0 Å². The molecule has 3 aromatic heterocycles. The van der Waals surface area contributed by atoms with Crippen LogP contribution >= 0.6 is 0 Å². The van der Waals surface area contributed by atoms with E-state index < -0.39 is 0 Å². The quantitative estimate of drug-likeness (QED) is 0.623. The molecule has 0 N–H and O–H groups in total. The Morgan fingerprint density at radius 2 is 1.84 bits per heavy atom. The van der Waals surface area contributed by atoms with Gasteiger partial charge in [-0.1, -0.05) is 6.92 Å². The van der Waals surface area contributed by atoms with Crippen LogP contribution in [0.2, 0.25) is 0 Å². The minimum atomic E-state index is -0.0189. The van der Waals surface area contributed by atoms with E-state index in [1.165, 1.54) is 0 Å². The molecule has 0 atom stereocenters. The molecule has 0 aliphatic carbocycles. The monoisotopic (exact) mass is 423 g/mol. The second-order valence-corrected chi connectivity index (χ2v) is 7.99. The molecule has 4 heterocycles. The molecule has 4 rings (SSSR count). The van der Waals surface area contributed by atoms with Crippen molar-refractivity contribution in [3.63, 3.8) is 0 Å². The number of carbonyl (C=O) groups is 2. The topological polar surface area (TPSA) is 79.0 Å². The number of fused-ring (bicyclic) bond motifs is 1. The molecule has 1 aliphatic rings. The SMILES string of the molecule is CCc1nc2ccc(C(=O)N3CCN(C(C)=O)CC3)cn2c1N(C)Cc1nccn1C. The van der Waals surface area contributed by atoms with E-state index in [2.05, 4.69) is 16.8 Å². The number of rotatable bonds is 5. The number of anilines is 1. The van der Waals surface area contributed by atoms with Crippen LogP contribution in [0.3, 0.4) is 0 Å². The first-order valence-corrected chi connectivity index (χ1v) is 10.6. The number of imidazole rings is 2. The smallest absolute Gasteiger partial charge is 0.255 e. The fourth-order valence-corrected chi connectivity index (χ4v) is 4.09. The van der Waals surface area contributed by atoms with E-state index in [4.69, 9.17) is 4.98 Å². The third kappa shape index (κ3) is 3.99. The lowest BCUT2D eigenvalue weighted by Crippen LogP contribution is -2.50. The number of piperazine rings is 1. The van der Waals surface area contributed by atoms with Crippen molar-refractivity contribution in [1.82, 2.24) is 28.7 Å². The van der Waals surface area contributed by atoms with Crippen LogP contribution in [0.4, 0.5) is 5.82 Å². The molecule has 2 amide bonds. The highest BCUT2D eigenvalue weighted by molar-refractivity contribution is 5.94. The Labute approximate surface area is 181 Å². The van der Waals surface area contributed by atoms with Gasteiger partial charge in [-0.25, -0.2) is 9.97 Å². The summed E-state index contributed by atoms with van der Waals surface area (Å²) in [5.41, 5.74) is 2.42. The van der Waals surface area contributed by atoms with Crippen LogP contribution in [-0.4, -0.2) is 73.8 Å². The zero-order chi connectivity index (χ0) is 22.1. The normalized spacial score (nSPS) is 14.3. The summed E-state index contributed by atoms with van der Waals surface area (Å²) in [5, 5.41) is 0. The molecule has 31 heavy (non-hydrogen) atoms. The average molecular weight is 424 g/mol. The van der Waals surface area contributed by atoms with Crippen LogP contribution in [-0.2, 0) is 24.8 Å². The second-order valence-electron chi connectivity index (χ2n) is 7.99. The predicted octanol–water partition coefficient (Wildman–Crippen LogP) is 1.57. The molecule has 0 unspecified atom stereocenters. The van der Waals surface area contributed by atoms with Crippen molar-refractivity contribution in [3.05, 3.63) is 47.8 Å². The summed E-state index contributed by atoms with van der Waals surface area (Å²) in [6.45, 7) is 6.53. The highest BCUT2D eigenvalue weighted by Gasteiger charge is 2.24. The van der Waals surface area contributed by atoms with Crippen LogP contribution in [0.25, 0.3) is 5.65 Å². The summed E-state index contributed by atoms with van der Waals surface area (Å²) in [6.07, 6.45) is 6.39. The lowest BCUT2D eigenvalue weighted by molar-refractivity contribution is -0.130. The maximum atomic E-state index is 13.1. The van der Waals surface area contributed by atoms with Gasteiger partial charge in [-0.05, 0) is 18.6 Å². The Kier molecular flexibility index (Phi) is 5.67. The zero-order valence-electron chi connectivity index (χ0n) is 18.6. The second kappa shape index (κ2) is 8.41. The fraction of sp³-hybridized carbons (Fsp3) is 0.455. The van der Waals surface area contributed by atoms with Gasteiger partial charge in [0.15, 0.2) is 0 Å². The van der Waals surface area contributed by atoms with Gasteiger partial charge in [0, 0.05) is 65.8 Å². The Bertz CT molecular complexity index is 1110. The maximum Gasteiger partial charge on any atom is 0.255 e. The van der Waals surface area contributed by atoms with Crippen LogP contribution < -0.4 is 4.90 Å². The van der Waals surface area contributed by atoms with Crippen molar-refractivity contribution in [2.75, 3.05) is 38.1 Å². The Morgan fingerprint density at radius 1 is 1.13 bits per heavy atom. The van der Waals surface area contributed by atoms with Crippen molar-refractivity contribution >= 4 is 23.3 Å². The summed E-state index contributed by atoms with van der Waals surface area (Å²) < 4.78 is 4.00. The van der Waals surface area contributed by atoms with Gasteiger partial charge in [-0.2, -0.15) is 0 Å². The van der Waals surface area contributed by atoms with Crippen molar-refractivity contribution < 1.29 is 9.59 Å². The number of amides is 2. The first-order chi connectivity index (χ1) is 14.9. The van der Waals surface area contributed by atoms with Crippen LogP contribution in [0.15, 0.2) is 30.7 Å². The first kappa shape index (κ1) is 20.9.